The molecule has 0 fully saturated rings. The maximum absolute atomic E-state index is 9.54. The highest BCUT2D eigenvalue weighted by Gasteiger charge is 2.18. The Morgan fingerprint density at radius 2 is 1.80 bits per heavy atom. The van der Waals surface area contributed by atoms with Crippen LogP contribution in [0.2, 0.25) is 5.02 Å². The SMILES string of the molecule is COc1cc(C)c(C(=NO)n2nnc(-c3ccc(Cl)cc3)n2)c(C)c1. The minimum absolute atomic E-state index is 0.186. The Morgan fingerprint density at radius 1 is 1.16 bits per heavy atom. The van der Waals surface area contributed by atoms with Gasteiger partial charge in [0.2, 0.25) is 11.7 Å². The van der Waals surface area contributed by atoms with Crippen LogP contribution in [0.25, 0.3) is 11.4 Å². The molecule has 0 bridgehead atoms. The lowest BCUT2D eigenvalue weighted by Gasteiger charge is -2.12. The van der Waals surface area contributed by atoms with E-state index in [2.05, 4.69) is 20.6 Å². The van der Waals surface area contributed by atoms with Crippen LogP contribution in [0.5, 0.6) is 5.75 Å². The van der Waals surface area contributed by atoms with Gasteiger partial charge in [-0.05, 0) is 66.6 Å². The average Bonchev–Trinajstić information content (AvgIpc) is 3.08. The lowest BCUT2D eigenvalue weighted by atomic mass is 10.0. The summed E-state index contributed by atoms with van der Waals surface area (Å²) in [6, 6.07) is 10.8. The van der Waals surface area contributed by atoms with Crippen molar-refractivity contribution in [3.8, 4) is 17.1 Å². The van der Waals surface area contributed by atoms with Gasteiger partial charge in [0.15, 0.2) is 0 Å². The summed E-state index contributed by atoms with van der Waals surface area (Å²) >= 11 is 5.89. The summed E-state index contributed by atoms with van der Waals surface area (Å²) in [7, 11) is 1.60. The third-order valence-corrected chi connectivity index (χ3v) is 4.02. The van der Waals surface area contributed by atoms with E-state index in [1.807, 2.05) is 26.0 Å². The molecule has 0 aliphatic carbocycles. The molecule has 3 aromatic rings. The normalized spacial score (nSPS) is 11.6. The summed E-state index contributed by atoms with van der Waals surface area (Å²) in [5, 5.41) is 25.9. The van der Waals surface area contributed by atoms with Gasteiger partial charge in [-0.15, -0.1) is 15.0 Å². The van der Waals surface area contributed by atoms with Crippen molar-refractivity contribution in [2.75, 3.05) is 7.11 Å². The van der Waals surface area contributed by atoms with Gasteiger partial charge >= 0.3 is 0 Å². The first-order chi connectivity index (χ1) is 12.0. The summed E-state index contributed by atoms with van der Waals surface area (Å²) in [5.41, 5.74) is 3.21. The molecule has 3 rings (SSSR count). The number of benzene rings is 2. The van der Waals surface area contributed by atoms with Crippen LogP contribution in [0.3, 0.4) is 0 Å². The second kappa shape index (κ2) is 6.90. The van der Waals surface area contributed by atoms with Gasteiger partial charge in [0.25, 0.3) is 0 Å². The summed E-state index contributed by atoms with van der Waals surface area (Å²) in [6.45, 7) is 3.79. The third-order valence-electron chi connectivity index (χ3n) is 3.77. The van der Waals surface area contributed by atoms with E-state index >= 15 is 0 Å². The molecule has 0 saturated carbocycles. The van der Waals surface area contributed by atoms with Crippen LogP contribution in [-0.2, 0) is 0 Å². The molecule has 2 aromatic carbocycles. The lowest BCUT2D eigenvalue weighted by molar-refractivity contribution is 0.315. The van der Waals surface area contributed by atoms with E-state index in [1.54, 1.807) is 31.4 Å². The molecule has 1 N–H and O–H groups in total. The molecule has 0 aliphatic rings. The number of hydrogen-bond donors (Lipinski definition) is 1. The lowest BCUT2D eigenvalue weighted by Crippen LogP contribution is -2.19. The molecule has 0 amide bonds. The Bertz CT molecular complexity index is 911. The predicted molar refractivity (Wildman–Crippen MR) is 94.5 cm³/mol. The third kappa shape index (κ3) is 3.32. The summed E-state index contributed by atoms with van der Waals surface area (Å²) < 4.78 is 5.26. The first kappa shape index (κ1) is 16.9. The van der Waals surface area contributed by atoms with E-state index in [4.69, 9.17) is 16.3 Å². The molecule has 1 heterocycles. The number of aryl methyl sites for hydroxylation is 2. The van der Waals surface area contributed by atoms with Crippen molar-refractivity contribution in [3.05, 3.63) is 58.1 Å². The predicted octanol–water partition coefficient (Wildman–Crippen LogP) is 3.30. The molecule has 1 aromatic heterocycles. The van der Waals surface area contributed by atoms with Gasteiger partial charge in [-0.2, -0.15) is 0 Å². The van der Waals surface area contributed by atoms with Crippen molar-refractivity contribution < 1.29 is 9.94 Å². The molecule has 7 nitrogen and oxygen atoms in total. The fourth-order valence-electron chi connectivity index (χ4n) is 2.60. The summed E-state index contributed by atoms with van der Waals surface area (Å²) in [6.07, 6.45) is 0. The molecule has 0 atom stereocenters. The van der Waals surface area contributed by atoms with Crippen LogP contribution in [0.4, 0.5) is 0 Å². The number of aromatic nitrogens is 4. The first-order valence-corrected chi connectivity index (χ1v) is 7.85. The largest absolute Gasteiger partial charge is 0.497 e. The minimum atomic E-state index is 0.186. The average molecular weight is 358 g/mol. The topological polar surface area (TPSA) is 85.4 Å². The van der Waals surface area contributed by atoms with Crippen LogP contribution >= 0.6 is 11.6 Å². The van der Waals surface area contributed by atoms with E-state index in [1.165, 1.54) is 4.80 Å². The number of methoxy groups -OCH3 is 1. The summed E-state index contributed by atoms with van der Waals surface area (Å²) in [5.74, 6) is 1.32. The zero-order valence-corrected chi connectivity index (χ0v) is 14.7. The van der Waals surface area contributed by atoms with Gasteiger partial charge in [-0.25, -0.2) is 0 Å². The molecular formula is C17H16ClN5O2. The zero-order chi connectivity index (χ0) is 18.0. The fraction of sp³-hybridized carbons (Fsp3) is 0.176. The summed E-state index contributed by atoms with van der Waals surface area (Å²) in [4.78, 5) is 1.20. The van der Waals surface area contributed by atoms with Gasteiger partial charge in [0.05, 0.1) is 7.11 Å². The van der Waals surface area contributed by atoms with Crippen LogP contribution in [0.15, 0.2) is 41.6 Å². The van der Waals surface area contributed by atoms with E-state index in [-0.39, 0.29) is 5.84 Å². The Balaban J connectivity index is 2.02. The van der Waals surface area contributed by atoms with Crippen molar-refractivity contribution in [2.45, 2.75) is 13.8 Å². The second-order valence-corrected chi connectivity index (χ2v) is 5.91. The molecule has 8 heteroatoms. The molecule has 0 spiro atoms. The molecular weight excluding hydrogens is 342 g/mol. The molecule has 0 aliphatic heterocycles. The first-order valence-electron chi connectivity index (χ1n) is 7.47. The minimum Gasteiger partial charge on any atom is -0.497 e. The monoisotopic (exact) mass is 357 g/mol. The molecule has 0 unspecified atom stereocenters. The van der Waals surface area contributed by atoms with Crippen molar-refractivity contribution in [3.63, 3.8) is 0 Å². The van der Waals surface area contributed by atoms with Crippen molar-refractivity contribution in [2.24, 2.45) is 5.16 Å². The van der Waals surface area contributed by atoms with E-state index in [0.717, 1.165) is 22.4 Å². The smallest absolute Gasteiger partial charge is 0.222 e. The fourth-order valence-corrected chi connectivity index (χ4v) is 2.73. The van der Waals surface area contributed by atoms with Gasteiger partial charge in [0, 0.05) is 16.1 Å². The Hall–Kier alpha value is -2.93. The molecule has 25 heavy (non-hydrogen) atoms. The Morgan fingerprint density at radius 3 is 2.36 bits per heavy atom. The van der Waals surface area contributed by atoms with Crippen LogP contribution < -0.4 is 4.74 Å². The number of nitrogens with zero attached hydrogens (tertiary/aromatic N) is 5. The van der Waals surface area contributed by atoms with Crippen LogP contribution in [0, 0.1) is 13.8 Å². The van der Waals surface area contributed by atoms with Crippen molar-refractivity contribution in [1.82, 2.24) is 20.2 Å². The van der Waals surface area contributed by atoms with E-state index < -0.39 is 0 Å². The highest BCUT2D eigenvalue weighted by Crippen LogP contribution is 2.23. The van der Waals surface area contributed by atoms with E-state index in [0.29, 0.717) is 16.4 Å². The second-order valence-electron chi connectivity index (χ2n) is 5.47. The maximum Gasteiger partial charge on any atom is 0.222 e. The van der Waals surface area contributed by atoms with Crippen LogP contribution in [0.1, 0.15) is 16.7 Å². The van der Waals surface area contributed by atoms with Gasteiger partial charge < -0.3 is 9.94 Å². The van der Waals surface area contributed by atoms with Crippen molar-refractivity contribution in [1.29, 1.82) is 0 Å². The highest BCUT2D eigenvalue weighted by molar-refractivity contribution is 6.30. The standard InChI is InChI=1S/C17H16ClN5O2/c1-10-8-14(25-3)9-11(2)15(10)17(21-24)23-20-16(19-22-23)12-4-6-13(18)7-5-12/h4-9,24H,1-3H3. The number of oxime groups is 1. The maximum atomic E-state index is 9.54. The zero-order valence-electron chi connectivity index (χ0n) is 13.9. The van der Waals surface area contributed by atoms with Crippen LogP contribution in [-0.4, -0.2) is 38.4 Å². The molecule has 0 saturated heterocycles. The number of rotatable bonds is 3. The Kier molecular flexibility index (Phi) is 4.67. The van der Waals surface area contributed by atoms with E-state index in [9.17, 15) is 5.21 Å². The van der Waals surface area contributed by atoms with Gasteiger partial charge in [0.1, 0.15) is 5.75 Å². The quantitative estimate of drug-likeness (QED) is 0.336. The Labute approximate surface area is 149 Å². The number of ether oxygens (including phenoxy) is 1. The number of halogens is 1. The molecule has 128 valence electrons. The van der Waals surface area contributed by atoms with Gasteiger partial charge in [-0.3, -0.25) is 0 Å². The number of tetrazole rings is 1. The molecule has 0 radical (unpaired) electrons. The highest BCUT2D eigenvalue weighted by atomic mass is 35.5. The number of hydrogen-bond acceptors (Lipinski definition) is 6. The van der Waals surface area contributed by atoms with Crippen molar-refractivity contribution >= 4 is 17.4 Å². The van der Waals surface area contributed by atoms with Gasteiger partial charge in [-0.1, -0.05) is 16.8 Å².